The predicted molar refractivity (Wildman–Crippen MR) is 88.4 cm³/mol. The highest BCUT2D eigenvalue weighted by Gasteiger charge is 2.32. The van der Waals surface area contributed by atoms with Crippen LogP contribution < -0.4 is 10.6 Å². The average molecular weight is 288 g/mol. The van der Waals surface area contributed by atoms with Crippen molar-refractivity contribution in [3.8, 4) is 0 Å². The van der Waals surface area contributed by atoms with Crippen LogP contribution in [0.15, 0.2) is 24.3 Å². The van der Waals surface area contributed by atoms with E-state index in [9.17, 15) is 4.79 Å². The first-order chi connectivity index (χ1) is 9.89. The Labute approximate surface area is 128 Å². The molecular weight excluding hydrogens is 260 g/mol. The molecule has 1 fully saturated rings. The lowest BCUT2D eigenvalue weighted by atomic mass is 9.70. The first-order valence-electron chi connectivity index (χ1n) is 7.94. The van der Waals surface area contributed by atoms with E-state index in [4.69, 9.17) is 0 Å². The van der Waals surface area contributed by atoms with Crippen molar-refractivity contribution in [2.75, 3.05) is 12.4 Å². The average Bonchev–Trinajstić information content (AvgIpc) is 2.38. The van der Waals surface area contributed by atoms with Crippen LogP contribution in [0.1, 0.15) is 45.6 Å². The summed E-state index contributed by atoms with van der Waals surface area (Å²) in [6, 6.07) is 8.65. The second-order valence-corrected chi connectivity index (χ2v) is 7.26. The molecule has 0 bridgehead atoms. The van der Waals surface area contributed by atoms with Crippen molar-refractivity contribution in [1.82, 2.24) is 5.32 Å². The number of rotatable bonds is 4. The maximum Gasteiger partial charge on any atom is 0.224 e. The third-order valence-corrected chi connectivity index (χ3v) is 4.39. The van der Waals surface area contributed by atoms with Gasteiger partial charge in [-0.3, -0.25) is 4.79 Å². The maximum atomic E-state index is 11.6. The minimum absolute atomic E-state index is 0.0570. The van der Waals surface area contributed by atoms with Crippen LogP contribution in [0.4, 0.5) is 5.69 Å². The Kier molecular flexibility index (Phi) is 4.92. The van der Waals surface area contributed by atoms with Crippen molar-refractivity contribution < 1.29 is 4.79 Å². The van der Waals surface area contributed by atoms with E-state index in [0.29, 0.717) is 17.9 Å². The number of amides is 1. The smallest absolute Gasteiger partial charge is 0.224 e. The molecule has 1 aromatic carbocycles. The number of benzene rings is 1. The van der Waals surface area contributed by atoms with Crippen molar-refractivity contribution in [1.29, 1.82) is 0 Å². The third kappa shape index (κ3) is 4.48. The molecule has 1 aliphatic carbocycles. The van der Waals surface area contributed by atoms with Gasteiger partial charge in [-0.05, 0) is 42.2 Å². The van der Waals surface area contributed by atoms with Gasteiger partial charge in [0.2, 0.25) is 5.91 Å². The number of nitrogens with one attached hydrogen (secondary N) is 2. The summed E-state index contributed by atoms with van der Waals surface area (Å²) in [5, 5.41) is 6.38. The molecule has 2 rings (SSSR count). The van der Waals surface area contributed by atoms with Crippen LogP contribution in [-0.2, 0) is 11.2 Å². The van der Waals surface area contributed by atoms with E-state index in [1.54, 1.807) is 7.05 Å². The van der Waals surface area contributed by atoms with Crippen LogP contribution in [0.25, 0.3) is 0 Å². The standard InChI is InChI=1S/C18H28N2O/c1-13-9-15(12-18(2,3)11-13)20-16-8-6-5-7-14(16)10-17(21)19-4/h5-8,13,15,20H,9-12H2,1-4H3,(H,19,21). The second-order valence-electron chi connectivity index (χ2n) is 7.26. The van der Waals surface area contributed by atoms with Gasteiger partial charge >= 0.3 is 0 Å². The summed E-state index contributed by atoms with van der Waals surface area (Å²) in [6.45, 7) is 7.05. The molecule has 1 aromatic rings. The lowest BCUT2D eigenvalue weighted by Gasteiger charge is -2.40. The predicted octanol–water partition coefficient (Wildman–Crippen LogP) is 3.60. The molecule has 3 nitrogen and oxygen atoms in total. The van der Waals surface area contributed by atoms with Crippen molar-refractivity contribution in [2.24, 2.45) is 11.3 Å². The Morgan fingerprint density at radius 1 is 1.29 bits per heavy atom. The maximum absolute atomic E-state index is 11.6. The molecule has 2 N–H and O–H groups in total. The Bertz CT molecular complexity index is 496. The number of anilines is 1. The molecule has 0 heterocycles. The zero-order valence-corrected chi connectivity index (χ0v) is 13.7. The minimum atomic E-state index is 0.0570. The van der Waals surface area contributed by atoms with Gasteiger partial charge in [-0.15, -0.1) is 0 Å². The molecular formula is C18H28N2O. The normalized spacial score (nSPS) is 24.4. The van der Waals surface area contributed by atoms with Gasteiger partial charge in [0.25, 0.3) is 0 Å². The summed E-state index contributed by atoms with van der Waals surface area (Å²) in [5.74, 6) is 0.805. The van der Waals surface area contributed by atoms with E-state index in [1.165, 1.54) is 19.3 Å². The fourth-order valence-corrected chi connectivity index (χ4v) is 3.75. The molecule has 0 spiro atoms. The highest BCUT2D eigenvalue weighted by atomic mass is 16.1. The number of hydrogen-bond donors (Lipinski definition) is 2. The lowest BCUT2D eigenvalue weighted by Crippen LogP contribution is -2.35. The SMILES string of the molecule is CNC(=O)Cc1ccccc1NC1CC(C)CC(C)(C)C1. The second kappa shape index (κ2) is 6.50. The van der Waals surface area contributed by atoms with E-state index in [0.717, 1.165) is 17.2 Å². The van der Waals surface area contributed by atoms with Gasteiger partial charge in [-0.1, -0.05) is 39.0 Å². The molecule has 0 aliphatic heterocycles. The quantitative estimate of drug-likeness (QED) is 0.888. The topological polar surface area (TPSA) is 41.1 Å². The summed E-state index contributed by atoms with van der Waals surface area (Å²) in [6.07, 6.45) is 4.12. The van der Waals surface area contributed by atoms with Crippen LogP contribution >= 0.6 is 0 Å². The van der Waals surface area contributed by atoms with Gasteiger partial charge in [0.1, 0.15) is 0 Å². The molecule has 21 heavy (non-hydrogen) atoms. The van der Waals surface area contributed by atoms with Gasteiger partial charge < -0.3 is 10.6 Å². The van der Waals surface area contributed by atoms with Gasteiger partial charge in [0.15, 0.2) is 0 Å². The van der Waals surface area contributed by atoms with Gasteiger partial charge in [-0.2, -0.15) is 0 Å². The zero-order valence-electron chi connectivity index (χ0n) is 13.7. The summed E-state index contributed by atoms with van der Waals surface area (Å²) >= 11 is 0. The number of carbonyl (C=O) groups excluding carboxylic acids is 1. The molecule has 3 heteroatoms. The Balaban J connectivity index is 2.10. The summed E-state index contributed by atoms with van der Waals surface area (Å²) in [4.78, 5) is 11.6. The van der Waals surface area contributed by atoms with E-state index >= 15 is 0 Å². The molecule has 2 atom stereocenters. The first kappa shape index (κ1) is 15.9. The van der Waals surface area contributed by atoms with Crippen LogP contribution in [0.3, 0.4) is 0 Å². The number of para-hydroxylation sites is 1. The van der Waals surface area contributed by atoms with E-state index < -0.39 is 0 Å². The largest absolute Gasteiger partial charge is 0.382 e. The third-order valence-electron chi connectivity index (χ3n) is 4.39. The molecule has 2 unspecified atom stereocenters. The monoisotopic (exact) mass is 288 g/mol. The molecule has 1 amide bonds. The number of hydrogen-bond acceptors (Lipinski definition) is 2. The van der Waals surface area contributed by atoms with Gasteiger partial charge in [-0.25, -0.2) is 0 Å². The van der Waals surface area contributed by atoms with Crippen molar-refractivity contribution in [3.05, 3.63) is 29.8 Å². The molecule has 0 saturated heterocycles. The summed E-state index contributed by atoms with van der Waals surface area (Å²) < 4.78 is 0. The Morgan fingerprint density at radius 2 is 2.00 bits per heavy atom. The molecule has 1 aliphatic rings. The Hall–Kier alpha value is -1.51. The molecule has 1 saturated carbocycles. The van der Waals surface area contributed by atoms with Crippen molar-refractivity contribution in [3.63, 3.8) is 0 Å². The molecule has 0 radical (unpaired) electrons. The zero-order chi connectivity index (χ0) is 15.5. The summed E-state index contributed by atoms with van der Waals surface area (Å²) in [5.41, 5.74) is 2.58. The summed E-state index contributed by atoms with van der Waals surface area (Å²) in [7, 11) is 1.68. The minimum Gasteiger partial charge on any atom is -0.382 e. The van der Waals surface area contributed by atoms with E-state index in [1.807, 2.05) is 18.2 Å². The van der Waals surface area contributed by atoms with E-state index in [-0.39, 0.29) is 5.91 Å². The lowest BCUT2D eigenvalue weighted by molar-refractivity contribution is -0.119. The highest BCUT2D eigenvalue weighted by Crippen LogP contribution is 2.39. The van der Waals surface area contributed by atoms with Crippen molar-refractivity contribution >= 4 is 11.6 Å². The fraction of sp³-hybridized carbons (Fsp3) is 0.611. The number of likely N-dealkylation sites (N-methyl/N-ethyl adjacent to an activating group) is 1. The van der Waals surface area contributed by atoms with Gasteiger partial charge in [0.05, 0.1) is 6.42 Å². The van der Waals surface area contributed by atoms with Crippen LogP contribution in [0.5, 0.6) is 0 Å². The Morgan fingerprint density at radius 3 is 2.67 bits per heavy atom. The number of carbonyl (C=O) groups is 1. The fourth-order valence-electron chi connectivity index (χ4n) is 3.75. The van der Waals surface area contributed by atoms with E-state index in [2.05, 4.69) is 37.5 Å². The molecule has 0 aromatic heterocycles. The highest BCUT2D eigenvalue weighted by molar-refractivity contribution is 5.80. The van der Waals surface area contributed by atoms with Crippen LogP contribution in [0, 0.1) is 11.3 Å². The van der Waals surface area contributed by atoms with Crippen LogP contribution in [0.2, 0.25) is 0 Å². The first-order valence-corrected chi connectivity index (χ1v) is 7.94. The van der Waals surface area contributed by atoms with Gasteiger partial charge in [0, 0.05) is 18.8 Å². The van der Waals surface area contributed by atoms with Crippen LogP contribution in [-0.4, -0.2) is 19.0 Å². The van der Waals surface area contributed by atoms with Crippen molar-refractivity contribution in [2.45, 2.75) is 52.5 Å². The molecule has 116 valence electrons.